The van der Waals surface area contributed by atoms with Crippen molar-refractivity contribution in [1.29, 1.82) is 0 Å². The molecule has 0 atom stereocenters. The second-order valence-electron chi connectivity index (χ2n) is 6.22. The van der Waals surface area contributed by atoms with E-state index < -0.39 is 16.1 Å². The van der Waals surface area contributed by atoms with Gasteiger partial charge in [-0.2, -0.15) is 4.31 Å². The van der Waals surface area contributed by atoms with Gasteiger partial charge in [0, 0.05) is 17.8 Å². The van der Waals surface area contributed by atoms with E-state index in [1.54, 1.807) is 19.1 Å². The summed E-state index contributed by atoms with van der Waals surface area (Å²) in [5, 5.41) is 3.01. The van der Waals surface area contributed by atoms with E-state index in [1.807, 2.05) is 12.1 Å². The van der Waals surface area contributed by atoms with E-state index in [0.717, 1.165) is 29.0 Å². The number of sulfonamides is 1. The number of aromatic nitrogens is 1. The number of thiazole rings is 1. The van der Waals surface area contributed by atoms with E-state index in [4.69, 9.17) is 4.74 Å². The number of hydrogen-bond donors (Lipinski definition) is 1. The Labute approximate surface area is 163 Å². The van der Waals surface area contributed by atoms with Crippen molar-refractivity contribution < 1.29 is 17.9 Å². The topological polar surface area (TPSA) is 88.6 Å². The van der Waals surface area contributed by atoms with Gasteiger partial charge in [-0.3, -0.25) is 5.32 Å². The van der Waals surface area contributed by atoms with Crippen LogP contribution >= 0.6 is 11.3 Å². The molecule has 0 saturated heterocycles. The zero-order chi connectivity index (χ0) is 19.4. The van der Waals surface area contributed by atoms with Gasteiger partial charge in [-0.1, -0.05) is 36.8 Å². The molecule has 0 unspecified atom stereocenters. The van der Waals surface area contributed by atoms with E-state index in [1.165, 1.54) is 15.6 Å². The van der Waals surface area contributed by atoms with Gasteiger partial charge in [0.1, 0.15) is 0 Å². The van der Waals surface area contributed by atoms with Gasteiger partial charge in [0.05, 0.1) is 23.7 Å². The first-order chi connectivity index (χ1) is 12.9. The van der Waals surface area contributed by atoms with Crippen LogP contribution in [0.25, 0.3) is 0 Å². The average Bonchev–Trinajstić information content (AvgIpc) is 3.04. The Morgan fingerprint density at radius 3 is 2.70 bits per heavy atom. The quantitative estimate of drug-likeness (QED) is 0.790. The van der Waals surface area contributed by atoms with Crippen LogP contribution in [0.5, 0.6) is 0 Å². The van der Waals surface area contributed by atoms with Crippen LogP contribution < -0.4 is 5.32 Å². The molecular weight excluding hydrogens is 386 g/mol. The molecule has 1 N–H and O–H groups in total. The average molecular weight is 410 g/mol. The van der Waals surface area contributed by atoms with Crippen LogP contribution in [0.1, 0.15) is 36.4 Å². The van der Waals surface area contributed by atoms with E-state index in [9.17, 15) is 13.2 Å². The lowest BCUT2D eigenvalue weighted by molar-refractivity contribution is 0.168. The first kappa shape index (κ1) is 19.8. The summed E-state index contributed by atoms with van der Waals surface area (Å²) in [5.74, 6) is 0. The smallest absolute Gasteiger partial charge is 0.413 e. The number of nitrogens with zero attached hydrogens (tertiary/aromatic N) is 2. The van der Waals surface area contributed by atoms with E-state index >= 15 is 0 Å². The molecule has 9 heteroatoms. The van der Waals surface area contributed by atoms with E-state index in [-0.39, 0.29) is 13.2 Å². The van der Waals surface area contributed by atoms with Gasteiger partial charge in [0.15, 0.2) is 5.13 Å². The number of carbonyl (C=O) groups is 1. The van der Waals surface area contributed by atoms with Crippen LogP contribution in [0.2, 0.25) is 0 Å². The van der Waals surface area contributed by atoms with Crippen molar-refractivity contribution in [2.45, 2.75) is 44.6 Å². The minimum absolute atomic E-state index is 0.260. The molecule has 0 bridgehead atoms. The number of nitrogens with one attached hydrogen (secondary N) is 1. The van der Waals surface area contributed by atoms with Crippen molar-refractivity contribution in [1.82, 2.24) is 9.29 Å². The maximum absolute atomic E-state index is 13.0. The molecule has 0 aliphatic carbocycles. The van der Waals surface area contributed by atoms with Crippen molar-refractivity contribution in [3.63, 3.8) is 0 Å². The molecule has 1 aliphatic heterocycles. The molecule has 0 spiro atoms. The van der Waals surface area contributed by atoms with Gasteiger partial charge in [0.2, 0.25) is 10.0 Å². The molecule has 2 aromatic rings. The van der Waals surface area contributed by atoms with Crippen molar-refractivity contribution >= 4 is 32.6 Å². The molecule has 2 heterocycles. The lowest BCUT2D eigenvalue weighted by Crippen LogP contribution is -2.35. The Morgan fingerprint density at radius 1 is 1.30 bits per heavy atom. The lowest BCUT2D eigenvalue weighted by atomic mass is 10.1. The fourth-order valence-corrected chi connectivity index (χ4v) is 5.45. The minimum atomic E-state index is -3.56. The summed E-state index contributed by atoms with van der Waals surface area (Å²) in [6.45, 7) is 4.73. The second-order valence-corrected chi connectivity index (χ2v) is 9.24. The number of anilines is 1. The van der Waals surface area contributed by atoms with Crippen LogP contribution in [-0.2, 0) is 34.1 Å². The maximum atomic E-state index is 13.0. The summed E-state index contributed by atoms with van der Waals surface area (Å²) in [5.41, 5.74) is 1.96. The lowest BCUT2D eigenvalue weighted by Gasteiger charge is -2.25. The monoisotopic (exact) mass is 409 g/mol. The van der Waals surface area contributed by atoms with Crippen LogP contribution in [0.4, 0.5) is 9.93 Å². The van der Waals surface area contributed by atoms with Crippen LogP contribution in [0.3, 0.4) is 0 Å². The molecule has 0 radical (unpaired) electrons. The Morgan fingerprint density at radius 2 is 2.04 bits per heavy atom. The van der Waals surface area contributed by atoms with Crippen molar-refractivity contribution in [2.24, 2.45) is 0 Å². The summed E-state index contributed by atoms with van der Waals surface area (Å²) in [7, 11) is -3.56. The summed E-state index contributed by atoms with van der Waals surface area (Å²) in [6, 6.07) is 7.10. The van der Waals surface area contributed by atoms with Crippen molar-refractivity contribution in [3.05, 3.63) is 40.4 Å². The molecule has 1 aromatic carbocycles. The SMILES string of the molecule is CCCc1ccc(S(=O)(=O)N2CCc3nc(NC(=O)OCC)sc3C2)cc1. The summed E-state index contributed by atoms with van der Waals surface area (Å²) in [6.07, 6.45) is 1.92. The number of ether oxygens (including phenoxy) is 1. The number of amides is 1. The third-order valence-corrected chi connectivity index (χ3v) is 7.14. The third-order valence-electron chi connectivity index (χ3n) is 4.28. The number of benzene rings is 1. The zero-order valence-electron chi connectivity index (χ0n) is 15.4. The molecule has 7 nitrogen and oxygen atoms in total. The van der Waals surface area contributed by atoms with Crippen LogP contribution in [0, 0.1) is 0 Å². The molecule has 0 fully saturated rings. The molecule has 1 amide bonds. The standard InChI is InChI=1S/C18H23N3O4S2/c1-3-5-13-6-8-14(9-7-13)27(23,24)21-11-10-15-16(12-21)26-17(19-15)20-18(22)25-4-2/h6-9H,3-5,10-12H2,1-2H3,(H,19,20,22). The molecule has 146 valence electrons. The molecule has 1 aromatic heterocycles. The number of carbonyl (C=O) groups excluding carboxylic acids is 1. The number of aryl methyl sites for hydroxylation is 1. The summed E-state index contributed by atoms with van der Waals surface area (Å²) >= 11 is 1.28. The normalized spacial score (nSPS) is 14.6. The Hall–Kier alpha value is -1.97. The highest BCUT2D eigenvalue weighted by Crippen LogP contribution is 2.31. The third kappa shape index (κ3) is 4.48. The van der Waals surface area contributed by atoms with Gasteiger partial charge >= 0.3 is 6.09 Å². The number of hydrogen-bond acceptors (Lipinski definition) is 6. The van der Waals surface area contributed by atoms with Crippen molar-refractivity contribution in [3.8, 4) is 0 Å². The first-order valence-corrected chi connectivity index (χ1v) is 11.2. The van der Waals surface area contributed by atoms with Crippen LogP contribution in [-0.4, -0.2) is 37.0 Å². The molecule has 27 heavy (non-hydrogen) atoms. The second kappa shape index (κ2) is 8.37. The van der Waals surface area contributed by atoms with E-state index in [2.05, 4.69) is 17.2 Å². The number of fused-ring (bicyclic) bond motifs is 1. The Kier molecular flexibility index (Phi) is 6.13. The Bertz CT molecular complexity index is 907. The summed E-state index contributed by atoms with van der Waals surface area (Å²) < 4.78 is 32.2. The predicted octanol–water partition coefficient (Wildman–Crippen LogP) is 3.41. The summed E-state index contributed by atoms with van der Waals surface area (Å²) in [4.78, 5) is 17.1. The zero-order valence-corrected chi connectivity index (χ0v) is 17.0. The highest BCUT2D eigenvalue weighted by Gasteiger charge is 2.30. The first-order valence-electron chi connectivity index (χ1n) is 8.95. The van der Waals surface area contributed by atoms with Gasteiger partial charge in [-0.15, -0.1) is 0 Å². The largest absolute Gasteiger partial charge is 0.450 e. The van der Waals surface area contributed by atoms with Gasteiger partial charge in [0.25, 0.3) is 0 Å². The fourth-order valence-electron chi connectivity index (χ4n) is 2.95. The number of rotatable bonds is 6. The molecule has 3 rings (SSSR count). The molecule has 0 saturated carbocycles. The van der Waals surface area contributed by atoms with Crippen LogP contribution in [0.15, 0.2) is 29.2 Å². The fraction of sp³-hybridized carbons (Fsp3) is 0.444. The van der Waals surface area contributed by atoms with E-state index in [0.29, 0.717) is 23.0 Å². The van der Waals surface area contributed by atoms with Gasteiger partial charge < -0.3 is 4.74 Å². The van der Waals surface area contributed by atoms with Gasteiger partial charge in [-0.25, -0.2) is 18.2 Å². The molecular formula is C18H23N3O4S2. The van der Waals surface area contributed by atoms with Gasteiger partial charge in [-0.05, 0) is 31.0 Å². The highest BCUT2D eigenvalue weighted by molar-refractivity contribution is 7.89. The Balaban J connectivity index is 1.74. The predicted molar refractivity (Wildman–Crippen MR) is 104 cm³/mol. The maximum Gasteiger partial charge on any atom is 0.413 e. The van der Waals surface area contributed by atoms with Crippen molar-refractivity contribution in [2.75, 3.05) is 18.5 Å². The molecule has 1 aliphatic rings. The minimum Gasteiger partial charge on any atom is -0.450 e. The highest BCUT2D eigenvalue weighted by atomic mass is 32.2.